The molecule has 4 nitrogen and oxygen atoms in total. The van der Waals surface area contributed by atoms with E-state index in [1.165, 1.54) is 11.1 Å². The Morgan fingerprint density at radius 2 is 1.95 bits per heavy atom. The van der Waals surface area contributed by atoms with Crippen molar-refractivity contribution in [3.05, 3.63) is 29.3 Å². The van der Waals surface area contributed by atoms with Crippen molar-refractivity contribution in [2.75, 3.05) is 0 Å². The van der Waals surface area contributed by atoms with Gasteiger partial charge in [-0.3, -0.25) is 0 Å². The van der Waals surface area contributed by atoms with Crippen molar-refractivity contribution in [2.24, 2.45) is 11.8 Å². The van der Waals surface area contributed by atoms with Gasteiger partial charge in [-0.25, -0.2) is 0 Å². The minimum absolute atomic E-state index is 0.0248. The molecule has 1 aromatic carbocycles. The number of aromatic hydroxyl groups is 1. The van der Waals surface area contributed by atoms with E-state index in [0.717, 1.165) is 19.3 Å². The van der Waals surface area contributed by atoms with Gasteiger partial charge in [0.1, 0.15) is 11.9 Å². The number of phenols is 1. The second-order valence-electron chi connectivity index (χ2n) is 7.08. The van der Waals surface area contributed by atoms with E-state index in [1.807, 2.05) is 12.1 Å². The molecular weight excluding hydrogens is 268 g/mol. The summed E-state index contributed by atoms with van der Waals surface area (Å²) in [6, 6.07) is 5.60. The number of aliphatic hydroxyl groups is 3. The Hall–Kier alpha value is -1.10. The van der Waals surface area contributed by atoms with Gasteiger partial charge in [0.2, 0.25) is 0 Å². The molecule has 6 atom stereocenters. The third-order valence-electron chi connectivity index (χ3n) is 6.18. The lowest BCUT2D eigenvalue weighted by Crippen LogP contribution is -2.52. The summed E-state index contributed by atoms with van der Waals surface area (Å²) in [6.45, 7) is 0. The number of rotatable bonds is 0. The molecular formula is C17H22O4. The van der Waals surface area contributed by atoms with Gasteiger partial charge in [-0.2, -0.15) is 0 Å². The molecule has 0 aromatic heterocycles. The lowest BCUT2D eigenvalue weighted by Gasteiger charge is -2.48. The lowest BCUT2D eigenvalue weighted by molar-refractivity contribution is -0.135. The summed E-state index contributed by atoms with van der Waals surface area (Å²) < 4.78 is 0. The molecule has 3 aliphatic rings. The van der Waals surface area contributed by atoms with Crippen LogP contribution in [-0.2, 0) is 6.42 Å². The largest absolute Gasteiger partial charge is 0.508 e. The monoisotopic (exact) mass is 290 g/mol. The summed E-state index contributed by atoms with van der Waals surface area (Å²) in [4.78, 5) is 0. The summed E-state index contributed by atoms with van der Waals surface area (Å²) in [5, 5.41) is 40.6. The van der Waals surface area contributed by atoms with Gasteiger partial charge in [0.05, 0.1) is 11.7 Å². The fourth-order valence-electron chi connectivity index (χ4n) is 5.19. The third-order valence-corrected chi connectivity index (χ3v) is 6.18. The first-order chi connectivity index (χ1) is 10.0. The van der Waals surface area contributed by atoms with Crippen LogP contribution in [0.4, 0.5) is 0 Å². The van der Waals surface area contributed by atoms with Crippen molar-refractivity contribution >= 4 is 0 Å². The molecule has 0 unspecified atom stereocenters. The Morgan fingerprint density at radius 3 is 2.76 bits per heavy atom. The zero-order chi connectivity index (χ0) is 14.8. The second-order valence-corrected chi connectivity index (χ2v) is 7.08. The normalized spacial score (nSPS) is 44.8. The molecule has 0 heterocycles. The maximum atomic E-state index is 10.8. The van der Waals surface area contributed by atoms with Crippen LogP contribution in [0.25, 0.3) is 0 Å². The van der Waals surface area contributed by atoms with Gasteiger partial charge >= 0.3 is 0 Å². The first-order valence-electron chi connectivity index (χ1n) is 7.91. The Balaban J connectivity index is 1.71. The van der Waals surface area contributed by atoms with Crippen LogP contribution in [0.1, 0.15) is 42.7 Å². The number of phenolic OH excluding ortho intramolecular Hbond substituents is 1. The van der Waals surface area contributed by atoms with Crippen LogP contribution in [0.5, 0.6) is 5.75 Å². The van der Waals surface area contributed by atoms with Crippen molar-refractivity contribution in [3.63, 3.8) is 0 Å². The van der Waals surface area contributed by atoms with Crippen LogP contribution in [0.2, 0.25) is 0 Å². The summed E-state index contributed by atoms with van der Waals surface area (Å²) >= 11 is 0. The van der Waals surface area contributed by atoms with E-state index in [0.29, 0.717) is 30.4 Å². The molecule has 0 bridgehead atoms. The zero-order valence-electron chi connectivity index (χ0n) is 11.9. The summed E-state index contributed by atoms with van der Waals surface area (Å²) in [7, 11) is 0. The molecule has 0 amide bonds. The van der Waals surface area contributed by atoms with Crippen LogP contribution in [0, 0.1) is 11.8 Å². The fraction of sp³-hybridized carbons (Fsp3) is 0.647. The molecule has 0 saturated heterocycles. The third kappa shape index (κ3) is 1.79. The van der Waals surface area contributed by atoms with Gasteiger partial charge < -0.3 is 20.4 Å². The molecule has 4 rings (SSSR count). The van der Waals surface area contributed by atoms with Gasteiger partial charge in [0, 0.05) is 0 Å². The molecule has 1 aromatic rings. The van der Waals surface area contributed by atoms with Crippen LogP contribution >= 0.6 is 0 Å². The number of aliphatic hydroxyl groups excluding tert-OH is 2. The molecule has 4 heteroatoms. The molecule has 0 radical (unpaired) electrons. The minimum Gasteiger partial charge on any atom is -0.508 e. The lowest BCUT2D eigenvalue weighted by atomic mass is 9.59. The Kier molecular flexibility index (Phi) is 2.87. The van der Waals surface area contributed by atoms with Gasteiger partial charge in [-0.1, -0.05) is 6.07 Å². The first kappa shape index (κ1) is 13.6. The van der Waals surface area contributed by atoms with E-state index in [1.54, 1.807) is 6.07 Å². The van der Waals surface area contributed by atoms with E-state index >= 15 is 0 Å². The Labute approximate surface area is 124 Å². The molecule has 4 N–H and O–H groups in total. The van der Waals surface area contributed by atoms with Crippen molar-refractivity contribution in [2.45, 2.75) is 55.8 Å². The number of aryl methyl sites for hydroxylation is 1. The molecule has 0 spiro atoms. The quantitative estimate of drug-likeness (QED) is 0.581. The van der Waals surface area contributed by atoms with Crippen molar-refractivity contribution in [1.29, 1.82) is 0 Å². The van der Waals surface area contributed by atoms with Gasteiger partial charge in [-0.15, -0.1) is 0 Å². The smallest absolute Gasteiger partial charge is 0.115 e. The van der Waals surface area contributed by atoms with Gasteiger partial charge in [0.15, 0.2) is 0 Å². The maximum absolute atomic E-state index is 10.8. The van der Waals surface area contributed by atoms with Crippen molar-refractivity contribution < 1.29 is 20.4 Å². The molecule has 2 saturated carbocycles. The van der Waals surface area contributed by atoms with Gasteiger partial charge in [0.25, 0.3) is 0 Å². The van der Waals surface area contributed by atoms with Crippen LogP contribution in [0.15, 0.2) is 18.2 Å². The van der Waals surface area contributed by atoms with E-state index in [4.69, 9.17) is 0 Å². The highest BCUT2D eigenvalue weighted by molar-refractivity contribution is 5.40. The molecule has 114 valence electrons. The average molecular weight is 290 g/mol. The Bertz CT molecular complexity index is 572. The summed E-state index contributed by atoms with van der Waals surface area (Å²) in [5.74, 6) is 0.971. The van der Waals surface area contributed by atoms with Crippen molar-refractivity contribution in [3.8, 4) is 5.75 Å². The predicted molar refractivity (Wildman–Crippen MR) is 77.0 cm³/mol. The van der Waals surface area contributed by atoms with E-state index in [-0.39, 0.29) is 5.92 Å². The highest BCUT2D eigenvalue weighted by atomic mass is 16.4. The number of hydrogen-bond donors (Lipinski definition) is 4. The second kappa shape index (κ2) is 4.45. The number of fused-ring (bicyclic) bond motifs is 5. The van der Waals surface area contributed by atoms with E-state index in [2.05, 4.69) is 0 Å². The predicted octanol–water partition coefficient (Wildman–Crippen LogP) is 1.30. The minimum atomic E-state index is -1.12. The highest BCUT2D eigenvalue weighted by Crippen LogP contribution is 2.57. The van der Waals surface area contributed by atoms with Crippen LogP contribution < -0.4 is 0 Å². The van der Waals surface area contributed by atoms with E-state index in [9.17, 15) is 20.4 Å². The number of benzene rings is 1. The zero-order valence-corrected chi connectivity index (χ0v) is 11.9. The first-order valence-corrected chi connectivity index (χ1v) is 7.91. The maximum Gasteiger partial charge on any atom is 0.115 e. The fourth-order valence-corrected chi connectivity index (χ4v) is 5.19. The Morgan fingerprint density at radius 1 is 1.14 bits per heavy atom. The van der Waals surface area contributed by atoms with E-state index < -0.39 is 17.8 Å². The SMILES string of the molecule is Oc1ccc2c(c1)CC[C@@H]1[C@@H]2CC[C@]2(O)[C@@H](O)[C@H](O)C[C@@H]12. The topological polar surface area (TPSA) is 80.9 Å². The van der Waals surface area contributed by atoms with Crippen LogP contribution in [-0.4, -0.2) is 38.2 Å². The average Bonchev–Trinajstić information content (AvgIpc) is 2.70. The molecule has 3 aliphatic carbocycles. The molecule has 21 heavy (non-hydrogen) atoms. The standard InChI is InChI=1S/C17H22O4/c18-10-2-4-11-9(7-10)1-3-13-12(11)5-6-17(21)14(13)8-15(19)16(17)20/h2,4,7,12-16,18-21H,1,3,5-6,8H2/t12-,13-,14+,15-,16+,17-/m1/s1. The highest BCUT2D eigenvalue weighted by Gasteiger charge is 2.59. The van der Waals surface area contributed by atoms with Crippen molar-refractivity contribution in [1.82, 2.24) is 0 Å². The summed E-state index contributed by atoms with van der Waals surface area (Å²) in [5.41, 5.74) is 1.37. The number of hydrogen-bond acceptors (Lipinski definition) is 4. The van der Waals surface area contributed by atoms with Crippen LogP contribution in [0.3, 0.4) is 0 Å². The summed E-state index contributed by atoms with van der Waals surface area (Å²) in [6.07, 6.45) is 1.89. The molecule has 2 fully saturated rings. The molecule has 0 aliphatic heterocycles. The van der Waals surface area contributed by atoms with Gasteiger partial charge in [-0.05, 0) is 73.1 Å².